The van der Waals surface area contributed by atoms with Crippen molar-refractivity contribution in [1.29, 1.82) is 0 Å². The van der Waals surface area contributed by atoms with Gasteiger partial charge >= 0.3 is 6.03 Å². The fourth-order valence-corrected chi connectivity index (χ4v) is 1.19. The number of carbonyl (C=O) groups is 1. The van der Waals surface area contributed by atoms with Gasteiger partial charge in [-0.1, -0.05) is 18.2 Å². The molecule has 0 unspecified atom stereocenters. The number of carbonyl (C=O) groups excluding carboxylic acids is 1. The number of benzene rings is 1. The Morgan fingerprint density at radius 2 is 2.07 bits per heavy atom. The molecule has 0 aliphatic heterocycles. The minimum Gasteiger partial charge on any atom is -0.369 e. The zero-order valence-corrected chi connectivity index (χ0v) is 7.92. The van der Waals surface area contributed by atoms with Crippen LogP contribution in [0.5, 0.6) is 0 Å². The maximum absolute atomic E-state index is 11.6. The lowest BCUT2D eigenvalue weighted by molar-refractivity contribution is 0.254. The van der Waals surface area contributed by atoms with Gasteiger partial charge in [0.15, 0.2) is 0 Å². The highest BCUT2D eigenvalue weighted by molar-refractivity contribution is 5.92. The fourth-order valence-electron chi connectivity index (χ4n) is 1.19. The van der Waals surface area contributed by atoms with Crippen LogP contribution in [0.3, 0.4) is 0 Å². The largest absolute Gasteiger partial charge is 0.369 e. The number of nitrogens with one attached hydrogen (secondary N) is 1. The van der Waals surface area contributed by atoms with Gasteiger partial charge in [-0.2, -0.15) is 0 Å². The van der Waals surface area contributed by atoms with Crippen LogP contribution < -0.4 is 11.1 Å². The lowest BCUT2D eigenvalue weighted by Crippen LogP contribution is -2.20. The van der Waals surface area contributed by atoms with E-state index in [0.29, 0.717) is 0 Å². The molecular weight excluding hydrogens is 192 g/mol. The van der Waals surface area contributed by atoms with Gasteiger partial charge in [0.1, 0.15) is 0 Å². The summed E-state index contributed by atoms with van der Waals surface area (Å²) in [5.74, 6) is 0.170. The molecule has 1 aromatic carbocycles. The van der Waals surface area contributed by atoms with Crippen molar-refractivity contribution >= 4 is 17.7 Å². The molecule has 5 heteroatoms. The summed E-state index contributed by atoms with van der Waals surface area (Å²) in [4.78, 5) is 15.4. The maximum Gasteiger partial charge on any atom is 0.332 e. The molecule has 0 saturated heterocycles. The van der Waals surface area contributed by atoms with E-state index in [-0.39, 0.29) is 12.0 Å². The van der Waals surface area contributed by atoms with Crippen LogP contribution in [0.25, 0.3) is 0 Å². The lowest BCUT2D eigenvalue weighted by Gasteiger charge is -2.05. The van der Waals surface area contributed by atoms with Crippen molar-refractivity contribution in [3.8, 4) is 0 Å². The smallest absolute Gasteiger partial charge is 0.332 e. The molecule has 0 radical (unpaired) electrons. The minimum atomic E-state index is -0.323. The Morgan fingerprint density at radius 3 is 2.67 bits per heavy atom. The molecule has 1 amide bonds. The van der Waals surface area contributed by atoms with Crippen LogP contribution in [-0.2, 0) is 0 Å². The molecule has 0 bridgehead atoms. The van der Waals surface area contributed by atoms with E-state index in [1.807, 2.05) is 18.2 Å². The first kappa shape index (κ1) is 9.26. The second-order valence-corrected chi connectivity index (χ2v) is 2.95. The molecule has 3 N–H and O–H groups in total. The van der Waals surface area contributed by atoms with Crippen molar-refractivity contribution < 1.29 is 4.79 Å². The number of nitrogens with two attached hydrogens (primary N) is 1. The summed E-state index contributed by atoms with van der Waals surface area (Å²) >= 11 is 0. The zero-order chi connectivity index (χ0) is 10.7. The van der Waals surface area contributed by atoms with Crippen LogP contribution in [0.4, 0.5) is 16.4 Å². The normalized spacial score (nSPS) is 9.87. The molecule has 0 fully saturated rings. The number of anilines is 2. The quantitative estimate of drug-likeness (QED) is 0.736. The number of hydrogen-bond donors (Lipinski definition) is 2. The molecule has 0 spiro atoms. The Hall–Kier alpha value is -2.30. The third-order valence-corrected chi connectivity index (χ3v) is 1.91. The first-order valence-electron chi connectivity index (χ1n) is 4.42. The average molecular weight is 202 g/mol. The van der Waals surface area contributed by atoms with Crippen molar-refractivity contribution in [2.45, 2.75) is 0 Å². The first-order valence-corrected chi connectivity index (χ1v) is 4.42. The molecule has 2 rings (SSSR count). The molecule has 2 aromatic rings. The summed E-state index contributed by atoms with van der Waals surface area (Å²) in [6.45, 7) is 0. The van der Waals surface area contributed by atoms with E-state index in [2.05, 4.69) is 10.3 Å². The van der Waals surface area contributed by atoms with Crippen LogP contribution in [0.1, 0.15) is 0 Å². The van der Waals surface area contributed by atoms with Gasteiger partial charge in [-0.3, -0.25) is 0 Å². The average Bonchev–Trinajstić information content (AvgIpc) is 2.66. The Bertz CT molecular complexity index is 463. The van der Waals surface area contributed by atoms with Crippen LogP contribution in [0.2, 0.25) is 0 Å². The third-order valence-electron chi connectivity index (χ3n) is 1.91. The highest BCUT2D eigenvalue weighted by atomic mass is 16.2. The SMILES string of the molecule is Nc1nccn1C(=O)Nc1ccccc1. The molecule has 0 atom stereocenters. The van der Waals surface area contributed by atoms with Crippen molar-refractivity contribution in [3.63, 3.8) is 0 Å². The van der Waals surface area contributed by atoms with E-state index in [9.17, 15) is 4.79 Å². The number of nitrogens with zero attached hydrogens (tertiary/aromatic N) is 2. The van der Waals surface area contributed by atoms with E-state index in [1.54, 1.807) is 12.1 Å². The van der Waals surface area contributed by atoms with E-state index < -0.39 is 0 Å². The van der Waals surface area contributed by atoms with Crippen molar-refractivity contribution in [2.75, 3.05) is 11.1 Å². The monoisotopic (exact) mass is 202 g/mol. The maximum atomic E-state index is 11.6. The molecule has 0 saturated carbocycles. The Kier molecular flexibility index (Phi) is 2.37. The summed E-state index contributed by atoms with van der Waals surface area (Å²) in [7, 11) is 0. The summed E-state index contributed by atoms with van der Waals surface area (Å²) in [6, 6.07) is 8.83. The van der Waals surface area contributed by atoms with Crippen LogP contribution in [0.15, 0.2) is 42.7 Å². The third kappa shape index (κ3) is 1.96. The van der Waals surface area contributed by atoms with Crippen LogP contribution in [-0.4, -0.2) is 15.6 Å². The van der Waals surface area contributed by atoms with Crippen LogP contribution >= 0.6 is 0 Å². The van der Waals surface area contributed by atoms with Gasteiger partial charge in [0.2, 0.25) is 5.95 Å². The van der Waals surface area contributed by atoms with Crippen molar-refractivity contribution in [1.82, 2.24) is 9.55 Å². The van der Waals surface area contributed by atoms with Gasteiger partial charge in [0.05, 0.1) is 0 Å². The van der Waals surface area contributed by atoms with E-state index in [1.165, 1.54) is 17.0 Å². The number of amides is 1. The highest BCUT2D eigenvalue weighted by Crippen LogP contribution is 2.07. The second-order valence-electron chi connectivity index (χ2n) is 2.95. The number of rotatable bonds is 1. The van der Waals surface area contributed by atoms with Crippen LogP contribution in [0, 0.1) is 0 Å². The number of hydrogen-bond acceptors (Lipinski definition) is 3. The predicted octanol–water partition coefficient (Wildman–Crippen LogP) is 1.55. The van der Waals surface area contributed by atoms with Gasteiger partial charge in [-0.15, -0.1) is 0 Å². The van der Waals surface area contributed by atoms with E-state index >= 15 is 0 Å². The summed E-state index contributed by atoms with van der Waals surface area (Å²) in [6.07, 6.45) is 2.98. The number of aromatic nitrogens is 2. The molecule has 5 nitrogen and oxygen atoms in total. The second kappa shape index (κ2) is 3.83. The highest BCUT2D eigenvalue weighted by Gasteiger charge is 2.07. The Labute approximate surface area is 86.5 Å². The Morgan fingerprint density at radius 1 is 1.33 bits per heavy atom. The molecule has 1 aromatic heterocycles. The lowest BCUT2D eigenvalue weighted by atomic mass is 10.3. The van der Waals surface area contributed by atoms with Gasteiger partial charge in [-0.25, -0.2) is 14.3 Å². The fraction of sp³-hybridized carbons (Fsp3) is 0. The van der Waals surface area contributed by atoms with Gasteiger partial charge < -0.3 is 11.1 Å². The summed E-state index contributed by atoms with van der Waals surface area (Å²) in [5.41, 5.74) is 6.20. The molecule has 15 heavy (non-hydrogen) atoms. The molecular formula is C10H10N4O. The van der Waals surface area contributed by atoms with Crippen molar-refractivity contribution in [2.24, 2.45) is 0 Å². The summed E-state index contributed by atoms with van der Waals surface area (Å²) in [5, 5.41) is 2.69. The number of para-hydroxylation sites is 1. The number of imidazole rings is 1. The Balaban J connectivity index is 2.15. The van der Waals surface area contributed by atoms with Gasteiger partial charge in [-0.05, 0) is 12.1 Å². The first-order chi connectivity index (χ1) is 7.27. The van der Waals surface area contributed by atoms with Crippen molar-refractivity contribution in [3.05, 3.63) is 42.7 Å². The van der Waals surface area contributed by atoms with E-state index in [4.69, 9.17) is 5.73 Å². The number of nitrogen functional groups attached to an aromatic ring is 1. The topological polar surface area (TPSA) is 72.9 Å². The minimum absolute atomic E-state index is 0.170. The summed E-state index contributed by atoms with van der Waals surface area (Å²) < 4.78 is 1.24. The molecule has 0 aliphatic carbocycles. The molecule has 0 aliphatic rings. The predicted molar refractivity (Wildman–Crippen MR) is 57.5 cm³/mol. The van der Waals surface area contributed by atoms with E-state index in [0.717, 1.165) is 5.69 Å². The van der Waals surface area contributed by atoms with Gasteiger partial charge in [0.25, 0.3) is 0 Å². The zero-order valence-electron chi connectivity index (χ0n) is 7.92. The van der Waals surface area contributed by atoms with Gasteiger partial charge in [0, 0.05) is 18.1 Å². The molecule has 76 valence electrons. The standard InChI is InChI=1S/C10H10N4O/c11-9-12-6-7-14(9)10(15)13-8-4-2-1-3-5-8/h1-7H,(H2,11,12)(H,13,15). The molecule has 1 heterocycles.